The molecule has 7 heteroatoms. The summed E-state index contributed by atoms with van der Waals surface area (Å²) in [5.41, 5.74) is 0.376. The van der Waals surface area contributed by atoms with Gasteiger partial charge in [0.05, 0.1) is 10.9 Å². The van der Waals surface area contributed by atoms with E-state index in [-0.39, 0.29) is 10.3 Å². The molecule has 0 aliphatic heterocycles. The van der Waals surface area contributed by atoms with Crippen molar-refractivity contribution in [3.05, 3.63) is 28.6 Å². The van der Waals surface area contributed by atoms with E-state index in [1.54, 1.807) is 6.07 Å². The maximum absolute atomic E-state index is 13.5. The predicted molar refractivity (Wildman–Crippen MR) is 59.0 cm³/mol. The smallest absolute Gasteiger partial charge is 0.263 e. The Bertz CT molecular complexity index is 637. The zero-order chi connectivity index (χ0) is 11.2. The molecule has 0 aliphatic rings. The molecule has 0 spiro atoms. The molecule has 0 unspecified atom stereocenters. The summed E-state index contributed by atoms with van der Waals surface area (Å²) in [6, 6.07) is 2.76. The van der Waals surface area contributed by atoms with Crippen molar-refractivity contribution in [3.8, 4) is 0 Å². The standard InChI is InChI=1S/C8H4BrClFNO2S/c9-4-1-5(11)8-6(2-4)12-3-7(8)15(10,13)14/h1-3,12H. The second-order valence-electron chi connectivity index (χ2n) is 2.90. The van der Waals surface area contributed by atoms with Gasteiger partial charge in [0.25, 0.3) is 9.05 Å². The Morgan fingerprint density at radius 1 is 1.40 bits per heavy atom. The van der Waals surface area contributed by atoms with E-state index in [4.69, 9.17) is 10.7 Å². The average Bonchev–Trinajstić information content (AvgIpc) is 2.45. The van der Waals surface area contributed by atoms with Gasteiger partial charge in [-0.15, -0.1) is 0 Å². The molecule has 0 radical (unpaired) electrons. The van der Waals surface area contributed by atoms with Crippen molar-refractivity contribution >= 4 is 46.6 Å². The van der Waals surface area contributed by atoms with Crippen LogP contribution in [-0.4, -0.2) is 13.4 Å². The van der Waals surface area contributed by atoms with E-state index in [2.05, 4.69) is 20.9 Å². The zero-order valence-electron chi connectivity index (χ0n) is 7.09. The molecule has 0 aliphatic carbocycles. The highest BCUT2D eigenvalue weighted by Crippen LogP contribution is 2.30. The lowest BCUT2D eigenvalue weighted by molar-refractivity contribution is 0.608. The highest BCUT2D eigenvalue weighted by atomic mass is 79.9. The summed E-state index contributed by atoms with van der Waals surface area (Å²) in [5, 5.41) is -0.0202. The van der Waals surface area contributed by atoms with Crippen LogP contribution in [0, 0.1) is 5.82 Å². The first-order valence-electron chi connectivity index (χ1n) is 3.80. The van der Waals surface area contributed by atoms with Crippen LogP contribution in [0.3, 0.4) is 0 Å². The van der Waals surface area contributed by atoms with Gasteiger partial charge in [-0.25, -0.2) is 12.8 Å². The van der Waals surface area contributed by atoms with Gasteiger partial charge in [-0.3, -0.25) is 0 Å². The molecular formula is C8H4BrClFNO2S. The first-order chi connectivity index (χ1) is 6.89. The Morgan fingerprint density at radius 3 is 2.67 bits per heavy atom. The number of aromatic nitrogens is 1. The monoisotopic (exact) mass is 311 g/mol. The second kappa shape index (κ2) is 3.47. The molecule has 15 heavy (non-hydrogen) atoms. The molecule has 1 aromatic carbocycles. The molecule has 0 amide bonds. The van der Waals surface area contributed by atoms with Gasteiger partial charge in [-0.05, 0) is 12.1 Å². The third-order valence-electron chi connectivity index (χ3n) is 1.92. The maximum atomic E-state index is 13.5. The Labute approximate surface area is 97.8 Å². The SMILES string of the molecule is O=S(=O)(Cl)c1c[nH]c2cc(Br)cc(F)c12. The number of aromatic amines is 1. The quantitative estimate of drug-likeness (QED) is 0.823. The topological polar surface area (TPSA) is 49.9 Å². The lowest BCUT2D eigenvalue weighted by Gasteiger charge is -1.97. The van der Waals surface area contributed by atoms with Crippen LogP contribution in [0.4, 0.5) is 4.39 Å². The summed E-state index contributed by atoms with van der Waals surface area (Å²) in [6.45, 7) is 0. The van der Waals surface area contributed by atoms with Gasteiger partial charge in [-0.1, -0.05) is 15.9 Å². The third kappa shape index (κ3) is 1.89. The number of H-pyrrole nitrogens is 1. The largest absolute Gasteiger partial charge is 0.360 e. The van der Waals surface area contributed by atoms with Crippen LogP contribution in [0.25, 0.3) is 10.9 Å². The summed E-state index contributed by atoms with van der Waals surface area (Å²) in [4.78, 5) is 2.40. The lowest BCUT2D eigenvalue weighted by atomic mass is 10.2. The summed E-state index contributed by atoms with van der Waals surface area (Å²) in [5.74, 6) is -0.639. The number of nitrogens with one attached hydrogen (secondary N) is 1. The van der Waals surface area contributed by atoms with Crippen molar-refractivity contribution < 1.29 is 12.8 Å². The molecule has 1 aromatic heterocycles. The number of hydrogen-bond acceptors (Lipinski definition) is 2. The molecule has 3 nitrogen and oxygen atoms in total. The highest BCUT2D eigenvalue weighted by Gasteiger charge is 2.19. The molecule has 0 saturated carbocycles. The van der Waals surface area contributed by atoms with E-state index < -0.39 is 14.9 Å². The summed E-state index contributed by atoms with van der Waals surface area (Å²) in [6.07, 6.45) is 1.17. The van der Waals surface area contributed by atoms with Gasteiger partial charge < -0.3 is 4.98 Å². The minimum absolute atomic E-state index is 0.0202. The number of halogens is 3. The number of benzene rings is 1. The van der Waals surface area contributed by atoms with Crippen LogP contribution in [0.1, 0.15) is 0 Å². The number of rotatable bonds is 1. The molecule has 0 fully saturated rings. The van der Waals surface area contributed by atoms with Gasteiger partial charge in [0.1, 0.15) is 10.7 Å². The molecule has 0 atom stereocenters. The van der Waals surface area contributed by atoms with Crippen molar-refractivity contribution in [1.29, 1.82) is 0 Å². The Morgan fingerprint density at radius 2 is 2.07 bits per heavy atom. The van der Waals surface area contributed by atoms with Crippen LogP contribution < -0.4 is 0 Å². The Hall–Kier alpha value is -0.590. The van der Waals surface area contributed by atoms with Crippen LogP contribution in [0.5, 0.6) is 0 Å². The van der Waals surface area contributed by atoms with Crippen molar-refractivity contribution in [3.63, 3.8) is 0 Å². The molecule has 0 bridgehead atoms. The molecular weight excluding hydrogens is 309 g/mol. The highest BCUT2D eigenvalue weighted by molar-refractivity contribution is 9.10. The number of hydrogen-bond donors (Lipinski definition) is 1. The summed E-state index contributed by atoms with van der Waals surface area (Å²) in [7, 11) is 1.23. The Balaban J connectivity index is 2.93. The van der Waals surface area contributed by atoms with Crippen LogP contribution >= 0.6 is 26.6 Å². The van der Waals surface area contributed by atoms with Gasteiger partial charge in [0.2, 0.25) is 0 Å². The predicted octanol–water partition coefficient (Wildman–Crippen LogP) is 3.00. The van der Waals surface area contributed by atoms with E-state index in [0.717, 1.165) is 0 Å². The fourth-order valence-corrected chi connectivity index (χ4v) is 2.79. The molecule has 0 saturated heterocycles. The first-order valence-corrected chi connectivity index (χ1v) is 6.90. The van der Waals surface area contributed by atoms with Gasteiger partial charge in [0.15, 0.2) is 0 Å². The van der Waals surface area contributed by atoms with E-state index in [9.17, 15) is 12.8 Å². The fourth-order valence-electron chi connectivity index (χ4n) is 1.35. The molecule has 1 heterocycles. The van der Waals surface area contributed by atoms with Crippen LogP contribution in [-0.2, 0) is 9.05 Å². The minimum atomic E-state index is -3.94. The van der Waals surface area contributed by atoms with E-state index in [1.165, 1.54) is 12.3 Å². The normalized spacial score (nSPS) is 12.2. The fraction of sp³-hybridized carbons (Fsp3) is 0. The number of fused-ring (bicyclic) bond motifs is 1. The third-order valence-corrected chi connectivity index (χ3v) is 3.73. The van der Waals surface area contributed by atoms with Gasteiger partial charge >= 0.3 is 0 Å². The van der Waals surface area contributed by atoms with Gasteiger partial charge in [-0.2, -0.15) is 0 Å². The zero-order valence-corrected chi connectivity index (χ0v) is 10.2. The average molecular weight is 313 g/mol. The van der Waals surface area contributed by atoms with Crippen molar-refractivity contribution in [2.24, 2.45) is 0 Å². The van der Waals surface area contributed by atoms with E-state index in [0.29, 0.717) is 9.99 Å². The van der Waals surface area contributed by atoms with Crippen LogP contribution in [0.2, 0.25) is 0 Å². The van der Waals surface area contributed by atoms with E-state index in [1.807, 2.05) is 0 Å². The minimum Gasteiger partial charge on any atom is -0.360 e. The molecule has 80 valence electrons. The van der Waals surface area contributed by atoms with Crippen LogP contribution in [0.15, 0.2) is 27.7 Å². The van der Waals surface area contributed by atoms with Gasteiger partial charge in [0, 0.05) is 21.4 Å². The molecule has 2 aromatic rings. The maximum Gasteiger partial charge on any atom is 0.263 e. The van der Waals surface area contributed by atoms with Crippen molar-refractivity contribution in [1.82, 2.24) is 4.98 Å². The van der Waals surface area contributed by atoms with Crippen molar-refractivity contribution in [2.45, 2.75) is 4.90 Å². The first kappa shape index (κ1) is 10.9. The molecule has 1 N–H and O–H groups in total. The summed E-state index contributed by atoms with van der Waals surface area (Å²) < 4.78 is 36.2. The Kier molecular flexibility index (Phi) is 2.52. The van der Waals surface area contributed by atoms with Crippen molar-refractivity contribution in [2.75, 3.05) is 0 Å². The summed E-state index contributed by atoms with van der Waals surface area (Å²) >= 11 is 3.10. The second-order valence-corrected chi connectivity index (χ2v) is 6.35. The van der Waals surface area contributed by atoms with E-state index >= 15 is 0 Å². The lowest BCUT2D eigenvalue weighted by Crippen LogP contribution is -1.89. The molecule has 2 rings (SSSR count).